The van der Waals surface area contributed by atoms with E-state index in [0.717, 1.165) is 25.7 Å². The van der Waals surface area contributed by atoms with Crippen LogP contribution in [-0.4, -0.2) is 36.1 Å². The molecule has 7 heteroatoms. The van der Waals surface area contributed by atoms with Crippen LogP contribution >= 0.6 is 0 Å². The third-order valence-corrected chi connectivity index (χ3v) is 3.47. The van der Waals surface area contributed by atoms with Crippen LogP contribution in [0, 0.1) is 5.41 Å². The Morgan fingerprint density at radius 3 is 2.16 bits per heavy atom. The summed E-state index contributed by atoms with van der Waals surface area (Å²) in [7, 11) is 0. The highest BCUT2D eigenvalue weighted by atomic mass is 16.4. The number of nitrogens with one attached hydrogen (secondary N) is 2. The van der Waals surface area contributed by atoms with Gasteiger partial charge >= 0.3 is 12.0 Å². The van der Waals surface area contributed by atoms with Crippen molar-refractivity contribution in [2.45, 2.75) is 38.5 Å². The number of primary amides is 1. The maximum atomic E-state index is 11.8. The molecule has 0 bridgehead atoms. The lowest BCUT2D eigenvalue weighted by Crippen LogP contribution is -2.39. The SMILES string of the molecule is NC(=O)NCCNC(=O)CC1(CC(=O)O)CCCC1. The zero-order valence-corrected chi connectivity index (χ0v) is 10.9. The number of carboxylic acids is 1. The van der Waals surface area contributed by atoms with Crippen LogP contribution in [0.3, 0.4) is 0 Å². The smallest absolute Gasteiger partial charge is 0.312 e. The van der Waals surface area contributed by atoms with Gasteiger partial charge in [0.25, 0.3) is 0 Å². The Bertz CT molecular complexity index is 351. The van der Waals surface area contributed by atoms with Crippen LogP contribution in [0.4, 0.5) is 4.79 Å². The topological polar surface area (TPSA) is 122 Å². The minimum atomic E-state index is -0.856. The summed E-state index contributed by atoms with van der Waals surface area (Å²) in [5, 5.41) is 14.0. The lowest BCUT2D eigenvalue weighted by Gasteiger charge is -2.26. The van der Waals surface area contributed by atoms with Gasteiger partial charge in [-0.15, -0.1) is 0 Å². The van der Waals surface area contributed by atoms with Crippen LogP contribution in [0.2, 0.25) is 0 Å². The van der Waals surface area contributed by atoms with E-state index >= 15 is 0 Å². The fraction of sp³-hybridized carbons (Fsp3) is 0.750. The van der Waals surface area contributed by atoms with E-state index in [9.17, 15) is 14.4 Å². The van der Waals surface area contributed by atoms with Crippen molar-refractivity contribution in [3.8, 4) is 0 Å². The summed E-state index contributed by atoms with van der Waals surface area (Å²) in [4.78, 5) is 33.1. The van der Waals surface area contributed by atoms with Gasteiger partial charge in [-0.1, -0.05) is 12.8 Å². The quantitative estimate of drug-likeness (QED) is 0.494. The first-order valence-electron chi connectivity index (χ1n) is 6.45. The van der Waals surface area contributed by atoms with Crippen molar-refractivity contribution in [1.82, 2.24) is 10.6 Å². The molecule has 1 aliphatic rings. The second-order valence-electron chi connectivity index (χ2n) is 5.10. The van der Waals surface area contributed by atoms with Crippen molar-refractivity contribution in [3.05, 3.63) is 0 Å². The van der Waals surface area contributed by atoms with E-state index in [1.807, 2.05) is 0 Å². The Hall–Kier alpha value is -1.79. The van der Waals surface area contributed by atoms with E-state index in [0.29, 0.717) is 6.54 Å². The van der Waals surface area contributed by atoms with Crippen molar-refractivity contribution in [3.63, 3.8) is 0 Å². The second-order valence-corrected chi connectivity index (χ2v) is 5.10. The molecule has 0 heterocycles. The van der Waals surface area contributed by atoms with Gasteiger partial charge in [0.15, 0.2) is 0 Å². The van der Waals surface area contributed by atoms with E-state index < -0.39 is 17.4 Å². The summed E-state index contributed by atoms with van der Waals surface area (Å²) in [5.74, 6) is -1.03. The van der Waals surface area contributed by atoms with Crippen LogP contribution < -0.4 is 16.4 Å². The van der Waals surface area contributed by atoms with Crippen LogP contribution in [0.1, 0.15) is 38.5 Å². The molecule has 1 rings (SSSR count). The molecule has 0 aromatic heterocycles. The molecule has 0 radical (unpaired) electrons. The van der Waals surface area contributed by atoms with E-state index in [2.05, 4.69) is 10.6 Å². The number of urea groups is 1. The van der Waals surface area contributed by atoms with Crippen LogP contribution in [-0.2, 0) is 9.59 Å². The Morgan fingerprint density at radius 1 is 1.05 bits per heavy atom. The van der Waals surface area contributed by atoms with Gasteiger partial charge < -0.3 is 21.5 Å². The largest absolute Gasteiger partial charge is 0.481 e. The van der Waals surface area contributed by atoms with Gasteiger partial charge in [-0.25, -0.2) is 4.79 Å². The zero-order valence-electron chi connectivity index (χ0n) is 10.9. The maximum Gasteiger partial charge on any atom is 0.312 e. The summed E-state index contributed by atoms with van der Waals surface area (Å²) in [6, 6.07) is -0.632. The van der Waals surface area contributed by atoms with Crippen molar-refractivity contribution >= 4 is 17.9 Å². The van der Waals surface area contributed by atoms with E-state index in [-0.39, 0.29) is 25.3 Å². The first-order valence-corrected chi connectivity index (χ1v) is 6.45. The molecule has 3 amide bonds. The Labute approximate surface area is 111 Å². The molecule has 7 nitrogen and oxygen atoms in total. The molecule has 5 N–H and O–H groups in total. The van der Waals surface area contributed by atoms with Crippen LogP contribution in [0.5, 0.6) is 0 Å². The third-order valence-electron chi connectivity index (χ3n) is 3.47. The average Bonchev–Trinajstić information content (AvgIpc) is 2.71. The fourth-order valence-corrected chi connectivity index (χ4v) is 2.65. The molecule has 1 fully saturated rings. The molecule has 0 saturated heterocycles. The standard InChI is InChI=1S/C12H21N3O4/c13-11(19)15-6-5-14-9(16)7-12(8-10(17)18)3-1-2-4-12/h1-8H2,(H,14,16)(H,17,18)(H3,13,15,19). The van der Waals surface area contributed by atoms with E-state index in [4.69, 9.17) is 10.8 Å². The average molecular weight is 271 g/mol. The normalized spacial score (nSPS) is 16.8. The first-order chi connectivity index (χ1) is 8.93. The zero-order chi connectivity index (χ0) is 14.3. The number of hydrogen-bond acceptors (Lipinski definition) is 3. The predicted molar refractivity (Wildman–Crippen MR) is 68.4 cm³/mol. The monoisotopic (exact) mass is 271 g/mol. The number of carbonyl (C=O) groups is 3. The van der Waals surface area contributed by atoms with Gasteiger partial charge in [-0.2, -0.15) is 0 Å². The number of rotatable bonds is 7. The third kappa shape index (κ3) is 5.58. The molecule has 0 aromatic rings. The molecule has 0 spiro atoms. The van der Waals surface area contributed by atoms with Gasteiger partial charge in [0.05, 0.1) is 6.42 Å². The molecular formula is C12H21N3O4. The van der Waals surface area contributed by atoms with Crippen molar-refractivity contribution < 1.29 is 19.5 Å². The molecule has 1 saturated carbocycles. The summed E-state index contributed by atoms with van der Waals surface area (Å²) in [6.45, 7) is 0.567. The van der Waals surface area contributed by atoms with Crippen LogP contribution in [0.15, 0.2) is 0 Å². The summed E-state index contributed by atoms with van der Waals surface area (Å²) in [5.41, 5.74) is 4.49. The molecular weight excluding hydrogens is 250 g/mol. The van der Waals surface area contributed by atoms with Crippen LogP contribution in [0.25, 0.3) is 0 Å². The molecule has 0 unspecified atom stereocenters. The molecule has 108 valence electrons. The summed E-state index contributed by atoms with van der Waals surface area (Å²) < 4.78 is 0. The minimum absolute atomic E-state index is 0.0416. The maximum absolute atomic E-state index is 11.8. The van der Waals surface area contributed by atoms with E-state index in [1.165, 1.54) is 0 Å². The number of hydrogen-bond donors (Lipinski definition) is 4. The fourth-order valence-electron chi connectivity index (χ4n) is 2.65. The van der Waals surface area contributed by atoms with Crippen molar-refractivity contribution in [1.29, 1.82) is 0 Å². The number of amides is 3. The van der Waals surface area contributed by atoms with Crippen molar-refractivity contribution in [2.24, 2.45) is 11.1 Å². The Morgan fingerprint density at radius 2 is 1.63 bits per heavy atom. The Kier molecular flexibility index (Phi) is 5.59. The van der Waals surface area contributed by atoms with Gasteiger partial charge in [0.2, 0.25) is 5.91 Å². The second kappa shape index (κ2) is 6.96. The van der Waals surface area contributed by atoms with Gasteiger partial charge in [0, 0.05) is 19.5 Å². The van der Waals surface area contributed by atoms with Gasteiger partial charge in [-0.05, 0) is 18.3 Å². The van der Waals surface area contributed by atoms with E-state index in [1.54, 1.807) is 0 Å². The number of carbonyl (C=O) groups excluding carboxylic acids is 2. The Balaban J connectivity index is 2.35. The highest BCUT2D eigenvalue weighted by molar-refractivity contribution is 5.78. The molecule has 1 aliphatic carbocycles. The van der Waals surface area contributed by atoms with Gasteiger partial charge in [-0.3, -0.25) is 9.59 Å². The number of aliphatic carboxylic acids is 1. The lowest BCUT2D eigenvalue weighted by atomic mass is 9.79. The lowest BCUT2D eigenvalue weighted by molar-refractivity contribution is -0.140. The summed E-state index contributed by atoms with van der Waals surface area (Å²) >= 11 is 0. The first kappa shape index (κ1) is 15.3. The molecule has 0 aliphatic heterocycles. The van der Waals surface area contributed by atoms with Crippen molar-refractivity contribution in [2.75, 3.05) is 13.1 Å². The molecule has 0 atom stereocenters. The highest BCUT2D eigenvalue weighted by Crippen LogP contribution is 2.43. The molecule has 19 heavy (non-hydrogen) atoms. The minimum Gasteiger partial charge on any atom is -0.481 e. The highest BCUT2D eigenvalue weighted by Gasteiger charge is 2.37. The predicted octanol–water partition coefficient (Wildman–Crippen LogP) is 0.196. The molecule has 0 aromatic carbocycles. The number of nitrogens with two attached hydrogens (primary N) is 1. The summed E-state index contributed by atoms with van der Waals surface area (Å²) in [6.07, 6.45) is 3.79. The van der Waals surface area contributed by atoms with Gasteiger partial charge in [0.1, 0.15) is 0 Å². The number of carboxylic acid groups (broad SMARTS) is 1.